The summed E-state index contributed by atoms with van der Waals surface area (Å²) < 4.78 is 32.6. The smallest absolute Gasteiger partial charge is 0.240 e. The molecule has 126 valence electrons. The highest BCUT2D eigenvalue weighted by Crippen LogP contribution is 2.41. The van der Waals surface area contributed by atoms with E-state index in [9.17, 15) is 13.2 Å². The lowest BCUT2D eigenvalue weighted by molar-refractivity contribution is -0.119. The molecule has 0 spiro atoms. The van der Waals surface area contributed by atoms with Crippen LogP contribution in [0, 0.1) is 17.8 Å². The quantitative estimate of drug-likeness (QED) is 0.843. The van der Waals surface area contributed by atoms with Gasteiger partial charge in [-0.1, -0.05) is 6.92 Å². The summed E-state index contributed by atoms with van der Waals surface area (Å²) in [7, 11) is -2.01. The molecule has 0 unspecified atom stereocenters. The van der Waals surface area contributed by atoms with Crippen LogP contribution in [-0.4, -0.2) is 34.0 Å². The van der Waals surface area contributed by atoms with Gasteiger partial charge in [-0.25, -0.2) is 13.1 Å². The van der Waals surface area contributed by atoms with Gasteiger partial charge in [-0.3, -0.25) is 4.79 Å². The van der Waals surface area contributed by atoms with E-state index >= 15 is 0 Å². The van der Waals surface area contributed by atoms with Crippen LogP contribution in [-0.2, 0) is 14.8 Å². The number of hydrogen-bond donors (Lipinski definition) is 2. The highest BCUT2D eigenvalue weighted by atomic mass is 32.2. The molecular weight excluding hydrogens is 316 g/mol. The predicted octanol–water partition coefficient (Wildman–Crippen LogP) is 1.13. The monoisotopic (exact) mass is 338 g/mol. The minimum Gasteiger partial charge on any atom is -0.497 e. The molecule has 3 rings (SSSR count). The Labute approximate surface area is 136 Å². The van der Waals surface area contributed by atoms with Crippen molar-refractivity contribution in [2.75, 3.05) is 13.7 Å². The molecule has 23 heavy (non-hydrogen) atoms. The summed E-state index contributed by atoms with van der Waals surface area (Å²) in [5.74, 6) is 1.51. The Balaban J connectivity index is 1.67. The lowest BCUT2D eigenvalue weighted by Crippen LogP contribution is -2.33. The third-order valence-electron chi connectivity index (χ3n) is 5.07. The second-order valence-electron chi connectivity index (χ2n) is 6.45. The number of benzene rings is 1. The summed E-state index contributed by atoms with van der Waals surface area (Å²) in [5.41, 5.74) is 0. The van der Waals surface area contributed by atoms with Crippen molar-refractivity contribution in [2.24, 2.45) is 17.8 Å². The Bertz CT molecular complexity index is 687. The average Bonchev–Trinajstić information content (AvgIpc) is 3.00. The Morgan fingerprint density at radius 3 is 2.65 bits per heavy atom. The zero-order valence-corrected chi connectivity index (χ0v) is 14.1. The van der Waals surface area contributed by atoms with E-state index in [1.54, 1.807) is 12.1 Å². The second-order valence-corrected chi connectivity index (χ2v) is 8.21. The lowest BCUT2D eigenvalue weighted by atomic mass is 9.89. The third-order valence-corrected chi connectivity index (χ3v) is 6.51. The summed E-state index contributed by atoms with van der Waals surface area (Å²) >= 11 is 0. The van der Waals surface area contributed by atoms with Crippen molar-refractivity contribution in [1.29, 1.82) is 0 Å². The molecule has 1 aliphatic heterocycles. The van der Waals surface area contributed by atoms with E-state index < -0.39 is 10.0 Å². The fourth-order valence-electron chi connectivity index (χ4n) is 3.81. The van der Waals surface area contributed by atoms with Crippen molar-refractivity contribution in [2.45, 2.75) is 30.7 Å². The molecule has 0 aromatic heterocycles. The minimum absolute atomic E-state index is 0.0786. The first-order valence-corrected chi connectivity index (χ1v) is 9.32. The third kappa shape index (κ3) is 3.21. The molecular formula is C16H22N2O4S. The van der Waals surface area contributed by atoms with Crippen LogP contribution >= 0.6 is 0 Å². The molecule has 2 N–H and O–H groups in total. The largest absolute Gasteiger partial charge is 0.497 e. The van der Waals surface area contributed by atoms with Crippen molar-refractivity contribution in [3.8, 4) is 5.75 Å². The van der Waals surface area contributed by atoms with Gasteiger partial charge in [-0.05, 0) is 48.4 Å². The van der Waals surface area contributed by atoms with Crippen LogP contribution in [0.5, 0.6) is 5.75 Å². The Morgan fingerprint density at radius 1 is 1.30 bits per heavy atom. The van der Waals surface area contributed by atoms with Gasteiger partial charge in [-0.15, -0.1) is 0 Å². The molecule has 7 heteroatoms. The number of hydrogen-bond acceptors (Lipinski definition) is 4. The van der Waals surface area contributed by atoms with Gasteiger partial charge >= 0.3 is 0 Å². The number of nitrogens with one attached hydrogen (secondary N) is 2. The summed E-state index contributed by atoms with van der Waals surface area (Å²) in [6, 6.07) is 6.52. The fraction of sp³-hybridized carbons (Fsp3) is 0.562. The molecule has 2 aliphatic rings. The van der Waals surface area contributed by atoms with E-state index in [2.05, 4.69) is 17.0 Å². The van der Waals surface area contributed by atoms with Gasteiger partial charge in [0.2, 0.25) is 15.9 Å². The maximum atomic E-state index is 12.4. The number of carbonyl (C=O) groups is 1. The summed E-state index contributed by atoms with van der Waals surface area (Å²) in [6.45, 7) is 2.49. The van der Waals surface area contributed by atoms with Crippen LogP contribution in [0.25, 0.3) is 0 Å². The average molecular weight is 338 g/mol. The van der Waals surface area contributed by atoms with Crippen molar-refractivity contribution >= 4 is 15.9 Å². The second kappa shape index (κ2) is 6.13. The van der Waals surface area contributed by atoms with E-state index in [1.807, 2.05) is 0 Å². The molecule has 4 atom stereocenters. The molecule has 1 saturated carbocycles. The van der Waals surface area contributed by atoms with Crippen molar-refractivity contribution in [1.82, 2.24) is 10.0 Å². The number of ether oxygens (including phenoxy) is 1. The molecule has 2 fully saturated rings. The molecule has 6 nitrogen and oxygen atoms in total. The van der Waals surface area contributed by atoms with Crippen LogP contribution in [0.3, 0.4) is 0 Å². The van der Waals surface area contributed by atoms with Crippen LogP contribution < -0.4 is 14.8 Å². The molecule has 1 amide bonds. The Kier molecular flexibility index (Phi) is 4.33. The maximum Gasteiger partial charge on any atom is 0.240 e. The van der Waals surface area contributed by atoms with E-state index in [4.69, 9.17) is 4.74 Å². The number of carbonyl (C=O) groups excluding carboxylic acids is 1. The van der Waals surface area contributed by atoms with Gasteiger partial charge in [-0.2, -0.15) is 0 Å². The Hall–Kier alpha value is -1.60. The van der Waals surface area contributed by atoms with E-state index in [0.29, 0.717) is 24.6 Å². The van der Waals surface area contributed by atoms with Crippen LogP contribution in [0.4, 0.5) is 0 Å². The molecule has 1 aromatic rings. The SMILES string of the molecule is COc1ccc(S(=O)(=O)NC[C@H]2[C@@H]3CC(=O)N[C@@H]3C[C@@H]2C)cc1. The van der Waals surface area contributed by atoms with Gasteiger partial charge in [0.1, 0.15) is 5.75 Å². The predicted molar refractivity (Wildman–Crippen MR) is 85.5 cm³/mol. The zero-order valence-electron chi connectivity index (χ0n) is 13.3. The number of fused-ring (bicyclic) bond motifs is 1. The number of rotatable bonds is 5. The standard InChI is InChI=1S/C16H22N2O4S/c1-10-7-15-13(8-16(19)18-15)14(10)9-17-23(20,21)12-5-3-11(22-2)4-6-12/h3-6,10,13-15,17H,7-9H2,1-2H3,(H,18,19)/t10-,13-,14+,15+/m0/s1. The zero-order chi connectivity index (χ0) is 16.6. The van der Waals surface area contributed by atoms with Gasteiger partial charge < -0.3 is 10.1 Å². The van der Waals surface area contributed by atoms with E-state index in [0.717, 1.165) is 6.42 Å². The van der Waals surface area contributed by atoms with Crippen LogP contribution in [0.1, 0.15) is 19.8 Å². The van der Waals surface area contributed by atoms with Crippen LogP contribution in [0.2, 0.25) is 0 Å². The fourth-order valence-corrected chi connectivity index (χ4v) is 4.88. The maximum absolute atomic E-state index is 12.4. The Morgan fingerprint density at radius 2 is 2.00 bits per heavy atom. The van der Waals surface area contributed by atoms with Crippen LogP contribution in [0.15, 0.2) is 29.2 Å². The van der Waals surface area contributed by atoms with E-state index in [-0.39, 0.29) is 28.7 Å². The highest BCUT2D eigenvalue weighted by Gasteiger charge is 2.46. The van der Waals surface area contributed by atoms with Gasteiger partial charge in [0, 0.05) is 19.0 Å². The topological polar surface area (TPSA) is 84.5 Å². The summed E-state index contributed by atoms with van der Waals surface area (Å²) in [5, 5.41) is 2.99. The van der Waals surface area contributed by atoms with Crippen molar-refractivity contribution < 1.29 is 17.9 Å². The molecule has 1 aliphatic carbocycles. The molecule has 0 bridgehead atoms. The number of sulfonamides is 1. The number of methoxy groups -OCH3 is 1. The summed E-state index contributed by atoms with van der Waals surface area (Å²) in [6.07, 6.45) is 1.43. The van der Waals surface area contributed by atoms with Gasteiger partial charge in [0.05, 0.1) is 12.0 Å². The molecule has 1 aromatic carbocycles. The minimum atomic E-state index is -3.55. The van der Waals surface area contributed by atoms with Crippen molar-refractivity contribution in [3.63, 3.8) is 0 Å². The first kappa shape index (κ1) is 16.3. The van der Waals surface area contributed by atoms with Crippen molar-refractivity contribution in [3.05, 3.63) is 24.3 Å². The molecule has 1 saturated heterocycles. The van der Waals surface area contributed by atoms with Gasteiger partial charge in [0.25, 0.3) is 0 Å². The lowest BCUT2D eigenvalue weighted by Gasteiger charge is -2.21. The molecule has 0 radical (unpaired) electrons. The normalized spacial score (nSPS) is 30.1. The molecule has 1 heterocycles. The number of amides is 1. The van der Waals surface area contributed by atoms with E-state index in [1.165, 1.54) is 19.2 Å². The highest BCUT2D eigenvalue weighted by molar-refractivity contribution is 7.89. The summed E-state index contributed by atoms with van der Waals surface area (Å²) in [4.78, 5) is 11.8. The van der Waals surface area contributed by atoms with Gasteiger partial charge in [0.15, 0.2) is 0 Å². The first-order chi connectivity index (χ1) is 10.9. The first-order valence-electron chi connectivity index (χ1n) is 7.84.